The summed E-state index contributed by atoms with van der Waals surface area (Å²) >= 11 is 3.42. The van der Waals surface area contributed by atoms with Crippen LogP contribution >= 0.6 is 15.9 Å². The van der Waals surface area contributed by atoms with E-state index in [9.17, 15) is 10.1 Å². The molecule has 0 aromatic heterocycles. The largest absolute Gasteiger partial charge is 0.486 e. The quantitative estimate of drug-likeness (QED) is 0.888. The van der Waals surface area contributed by atoms with Crippen LogP contribution in [0.3, 0.4) is 0 Å². The number of rotatable bonds is 2. The minimum Gasteiger partial charge on any atom is -0.486 e. The Labute approximate surface area is 131 Å². The van der Waals surface area contributed by atoms with Gasteiger partial charge in [0.15, 0.2) is 11.5 Å². The van der Waals surface area contributed by atoms with Gasteiger partial charge in [0, 0.05) is 16.6 Å². The zero-order valence-electron chi connectivity index (χ0n) is 11.4. The Morgan fingerprint density at radius 3 is 2.48 bits per heavy atom. The molecule has 6 heteroatoms. The van der Waals surface area contributed by atoms with Gasteiger partial charge >= 0.3 is 0 Å². The van der Waals surface area contributed by atoms with E-state index in [1.165, 1.54) is 0 Å². The number of carbonyl (C=O) groups excluding carboxylic acids is 1. The maximum absolute atomic E-state index is 12.5. The van der Waals surface area contributed by atoms with Crippen molar-refractivity contribution in [2.75, 3.05) is 18.5 Å². The van der Waals surface area contributed by atoms with Crippen LogP contribution < -0.4 is 14.8 Å². The molecule has 1 aliphatic carbocycles. The zero-order valence-corrected chi connectivity index (χ0v) is 13.0. The molecule has 0 unspecified atom stereocenters. The summed E-state index contributed by atoms with van der Waals surface area (Å²) in [5, 5.41) is 12.2. The van der Waals surface area contributed by atoms with Gasteiger partial charge < -0.3 is 14.8 Å². The smallest absolute Gasteiger partial charge is 0.244 e. The molecule has 0 atom stereocenters. The molecule has 2 aliphatic rings. The van der Waals surface area contributed by atoms with Gasteiger partial charge in [-0.05, 0) is 28.8 Å². The number of nitriles is 1. The second kappa shape index (κ2) is 5.57. The molecule has 1 amide bonds. The average Bonchev–Trinajstić information content (AvgIpc) is 2.98. The number of anilines is 1. The summed E-state index contributed by atoms with van der Waals surface area (Å²) in [5.41, 5.74) is -0.294. The summed E-state index contributed by atoms with van der Waals surface area (Å²) < 4.78 is 11.7. The molecule has 1 N–H and O–H groups in total. The molecule has 3 rings (SSSR count). The fourth-order valence-electron chi connectivity index (χ4n) is 2.77. The summed E-state index contributed by atoms with van der Waals surface area (Å²) in [7, 11) is 0. The highest BCUT2D eigenvalue weighted by Gasteiger charge is 2.41. The number of amides is 1. The van der Waals surface area contributed by atoms with Crippen molar-refractivity contribution in [3.05, 3.63) is 16.6 Å². The fourth-order valence-corrected chi connectivity index (χ4v) is 3.19. The summed E-state index contributed by atoms with van der Waals surface area (Å²) in [5.74, 6) is 1.03. The number of hydrogen-bond donors (Lipinski definition) is 1. The molecular formula is C15H15BrN2O3. The highest BCUT2D eigenvalue weighted by atomic mass is 79.9. The molecule has 110 valence electrons. The third kappa shape index (κ3) is 2.58. The molecule has 0 bridgehead atoms. The third-order valence-electron chi connectivity index (χ3n) is 3.99. The van der Waals surface area contributed by atoms with Gasteiger partial charge in [-0.15, -0.1) is 0 Å². The summed E-state index contributed by atoms with van der Waals surface area (Å²) in [6, 6.07) is 5.70. The number of halogens is 1. The SMILES string of the molecule is N#CC1(C(=O)Nc2cc3c(cc2Br)OCCO3)CCCC1. The van der Waals surface area contributed by atoms with E-state index in [1.54, 1.807) is 12.1 Å². The Kier molecular flexibility index (Phi) is 3.77. The van der Waals surface area contributed by atoms with Crippen LogP contribution in [0, 0.1) is 16.7 Å². The molecule has 0 saturated heterocycles. The van der Waals surface area contributed by atoms with Crippen LogP contribution in [0.1, 0.15) is 25.7 Å². The second-order valence-corrected chi connectivity index (χ2v) is 6.19. The first-order valence-corrected chi connectivity index (χ1v) is 7.76. The predicted octanol–water partition coefficient (Wildman–Crippen LogP) is 3.24. The first-order valence-electron chi connectivity index (χ1n) is 6.96. The highest BCUT2D eigenvalue weighted by Crippen LogP contribution is 2.41. The zero-order chi connectivity index (χ0) is 14.9. The Bertz CT molecular complexity index is 618. The third-order valence-corrected chi connectivity index (χ3v) is 4.64. The van der Waals surface area contributed by atoms with Crippen molar-refractivity contribution in [3.8, 4) is 17.6 Å². The summed E-state index contributed by atoms with van der Waals surface area (Å²) in [6.45, 7) is 1.01. The van der Waals surface area contributed by atoms with Crippen LogP contribution in [0.2, 0.25) is 0 Å². The lowest BCUT2D eigenvalue weighted by Gasteiger charge is -2.22. The van der Waals surface area contributed by atoms with Crippen molar-refractivity contribution in [2.45, 2.75) is 25.7 Å². The number of carbonyl (C=O) groups is 1. The van der Waals surface area contributed by atoms with Crippen molar-refractivity contribution in [2.24, 2.45) is 5.41 Å². The Balaban J connectivity index is 1.85. The minimum absolute atomic E-state index is 0.236. The van der Waals surface area contributed by atoms with Crippen molar-refractivity contribution < 1.29 is 14.3 Å². The van der Waals surface area contributed by atoms with Crippen LogP contribution in [-0.2, 0) is 4.79 Å². The Hall–Kier alpha value is -1.74. The van der Waals surface area contributed by atoms with Crippen molar-refractivity contribution >= 4 is 27.5 Å². The molecule has 1 saturated carbocycles. The van der Waals surface area contributed by atoms with Crippen LogP contribution in [0.4, 0.5) is 5.69 Å². The van der Waals surface area contributed by atoms with E-state index in [1.807, 2.05) is 0 Å². The normalized spacial score (nSPS) is 18.9. The number of hydrogen-bond acceptors (Lipinski definition) is 4. The molecule has 1 heterocycles. The van der Waals surface area contributed by atoms with Crippen LogP contribution in [0.15, 0.2) is 16.6 Å². The van der Waals surface area contributed by atoms with Crippen molar-refractivity contribution in [3.63, 3.8) is 0 Å². The van der Waals surface area contributed by atoms with E-state index in [-0.39, 0.29) is 5.91 Å². The lowest BCUT2D eigenvalue weighted by molar-refractivity contribution is -0.122. The van der Waals surface area contributed by atoms with Gasteiger partial charge in [-0.3, -0.25) is 4.79 Å². The van der Waals surface area contributed by atoms with E-state index in [4.69, 9.17) is 9.47 Å². The molecule has 1 aromatic rings. The lowest BCUT2D eigenvalue weighted by atomic mass is 9.87. The second-order valence-electron chi connectivity index (χ2n) is 5.33. The molecule has 1 aromatic carbocycles. The van der Waals surface area contributed by atoms with Gasteiger partial charge in [-0.25, -0.2) is 0 Å². The van der Waals surface area contributed by atoms with Crippen LogP contribution in [0.5, 0.6) is 11.5 Å². The topological polar surface area (TPSA) is 71.4 Å². The van der Waals surface area contributed by atoms with E-state index >= 15 is 0 Å². The number of benzene rings is 1. The molecular weight excluding hydrogens is 336 g/mol. The van der Waals surface area contributed by atoms with Gasteiger partial charge in [0.2, 0.25) is 5.91 Å². The maximum Gasteiger partial charge on any atom is 0.244 e. The van der Waals surface area contributed by atoms with Gasteiger partial charge in [0.05, 0.1) is 11.8 Å². The Morgan fingerprint density at radius 1 is 1.24 bits per heavy atom. The van der Waals surface area contributed by atoms with E-state index in [2.05, 4.69) is 27.3 Å². The number of ether oxygens (including phenoxy) is 2. The standard InChI is InChI=1S/C15H15BrN2O3/c16-10-7-12-13(21-6-5-20-12)8-11(10)18-14(19)15(9-17)3-1-2-4-15/h7-8H,1-6H2,(H,18,19). The predicted molar refractivity (Wildman–Crippen MR) is 80.3 cm³/mol. The first kappa shape index (κ1) is 14.2. The molecule has 0 radical (unpaired) electrons. The minimum atomic E-state index is -0.896. The van der Waals surface area contributed by atoms with Gasteiger partial charge in [0.1, 0.15) is 18.6 Å². The van der Waals surface area contributed by atoms with Crippen LogP contribution in [0.25, 0.3) is 0 Å². The number of fused-ring (bicyclic) bond motifs is 1. The Morgan fingerprint density at radius 2 is 1.86 bits per heavy atom. The lowest BCUT2D eigenvalue weighted by Crippen LogP contribution is -2.32. The van der Waals surface area contributed by atoms with Gasteiger partial charge in [0.25, 0.3) is 0 Å². The maximum atomic E-state index is 12.5. The summed E-state index contributed by atoms with van der Waals surface area (Å²) in [4.78, 5) is 12.5. The first-order chi connectivity index (χ1) is 10.1. The van der Waals surface area contributed by atoms with Gasteiger partial charge in [-0.1, -0.05) is 12.8 Å². The monoisotopic (exact) mass is 350 g/mol. The molecule has 1 fully saturated rings. The number of nitrogens with zero attached hydrogens (tertiary/aromatic N) is 1. The van der Waals surface area contributed by atoms with E-state index < -0.39 is 5.41 Å². The van der Waals surface area contributed by atoms with Crippen LogP contribution in [-0.4, -0.2) is 19.1 Å². The molecule has 5 nitrogen and oxygen atoms in total. The van der Waals surface area contributed by atoms with Crippen molar-refractivity contribution in [1.29, 1.82) is 5.26 Å². The van der Waals surface area contributed by atoms with Crippen molar-refractivity contribution in [1.82, 2.24) is 0 Å². The summed E-state index contributed by atoms with van der Waals surface area (Å²) in [6.07, 6.45) is 3.08. The molecule has 1 aliphatic heterocycles. The van der Waals surface area contributed by atoms with E-state index in [0.717, 1.165) is 12.8 Å². The number of nitrogens with one attached hydrogen (secondary N) is 1. The molecule has 0 spiro atoms. The highest BCUT2D eigenvalue weighted by molar-refractivity contribution is 9.10. The van der Waals surface area contributed by atoms with E-state index in [0.29, 0.717) is 47.7 Å². The molecule has 21 heavy (non-hydrogen) atoms. The van der Waals surface area contributed by atoms with Gasteiger partial charge in [-0.2, -0.15) is 5.26 Å². The average molecular weight is 351 g/mol. The fraction of sp³-hybridized carbons (Fsp3) is 0.467.